The molecule has 3 aromatic rings. The Bertz CT molecular complexity index is 1190. The maximum absolute atomic E-state index is 14.3. The summed E-state index contributed by atoms with van der Waals surface area (Å²) in [5.74, 6) is -1.54. The lowest BCUT2D eigenvalue weighted by Gasteiger charge is -2.30. The molecule has 3 aromatic carbocycles. The van der Waals surface area contributed by atoms with Crippen molar-refractivity contribution in [2.45, 2.75) is 19.5 Å². The molecule has 0 saturated heterocycles. The van der Waals surface area contributed by atoms with Gasteiger partial charge in [-0.3, -0.25) is 19.3 Å². The van der Waals surface area contributed by atoms with E-state index in [1.807, 2.05) is 24.3 Å². The molecule has 0 bridgehead atoms. The van der Waals surface area contributed by atoms with E-state index in [2.05, 4.69) is 5.32 Å². The second-order valence-corrected chi connectivity index (χ2v) is 7.48. The second-order valence-electron chi connectivity index (χ2n) is 7.48. The van der Waals surface area contributed by atoms with Gasteiger partial charge < -0.3 is 10.2 Å². The van der Waals surface area contributed by atoms with Gasteiger partial charge in [0.2, 0.25) is 11.8 Å². The first-order valence-corrected chi connectivity index (χ1v) is 10.0. The molecule has 1 heterocycles. The van der Waals surface area contributed by atoms with E-state index in [0.717, 1.165) is 10.8 Å². The van der Waals surface area contributed by atoms with Gasteiger partial charge in [-0.15, -0.1) is 0 Å². The van der Waals surface area contributed by atoms with E-state index in [4.69, 9.17) is 0 Å². The largest absolute Gasteiger partial charge is 0.357 e. The summed E-state index contributed by atoms with van der Waals surface area (Å²) in [4.78, 5) is 41.4. The van der Waals surface area contributed by atoms with Gasteiger partial charge >= 0.3 is 0 Å². The standard InChI is InChI=1S/C24H22FN3O3/c1-15(23(30)26-2)27(13-17-7-3-4-11-19(17)25)21(29)14-28-20-12-6-9-16-8-5-10-18(22(16)20)24(28)31/h3-12,15H,13-14H2,1-2H3,(H,26,30). The van der Waals surface area contributed by atoms with Crippen LogP contribution in [0.5, 0.6) is 0 Å². The first-order chi connectivity index (χ1) is 14.9. The van der Waals surface area contributed by atoms with Gasteiger partial charge in [-0.2, -0.15) is 0 Å². The molecule has 7 heteroatoms. The smallest absolute Gasteiger partial charge is 0.259 e. The molecule has 4 rings (SSSR count). The summed E-state index contributed by atoms with van der Waals surface area (Å²) in [6.07, 6.45) is 0. The van der Waals surface area contributed by atoms with Crippen LogP contribution in [0, 0.1) is 5.82 Å². The number of anilines is 1. The van der Waals surface area contributed by atoms with E-state index in [0.29, 0.717) is 16.8 Å². The summed E-state index contributed by atoms with van der Waals surface area (Å²) in [6.45, 7) is 1.25. The predicted octanol–water partition coefficient (Wildman–Crippen LogP) is 3.10. The monoisotopic (exact) mass is 419 g/mol. The van der Waals surface area contributed by atoms with Crippen LogP contribution in [0.4, 0.5) is 10.1 Å². The SMILES string of the molecule is CNC(=O)C(C)N(Cc1ccccc1F)C(=O)CN1C(=O)c2cccc3cccc1c23. The molecule has 31 heavy (non-hydrogen) atoms. The van der Waals surface area contributed by atoms with Gasteiger partial charge in [-0.05, 0) is 30.5 Å². The van der Waals surface area contributed by atoms with Crippen molar-refractivity contribution in [3.05, 3.63) is 77.6 Å². The molecule has 1 aliphatic heterocycles. The highest BCUT2D eigenvalue weighted by Gasteiger charge is 2.34. The lowest BCUT2D eigenvalue weighted by atomic mass is 10.1. The van der Waals surface area contributed by atoms with E-state index < -0.39 is 17.8 Å². The fourth-order valence-corrected chi connectivity index (χ4v) is 3.96. The minimum atomic E-state index is -0.840. The van der Waals surface area contributed by atoms with Gasteiger partial charge in [0, 0.05) is 30.1 Å². The Hall–Kier alpha value is -3.74. The zero-order chi connectivity index (χ0) is 22.1. The average Bonchev–Trinajstić information content (AvgIpc) is 3.05. The van der Waals surface area contributed by atoms with Crippen molar-refractivity contribution in [1.82, 2.24) is 10.2 Å². The Kier molecular flexibility index (Phi) is 5.42. The van der Waals surface area contributed by atoms with E-state index in [1.54, 1.807) is 37.3 Å². The van der Waals surface area contributed by atoms with Crippen molar-refractivity contribution >= 4 is 34.2 Å². The lowest BCUT2D eigenvalue weighted by molar-refractivity contribution is -0.139. The van der Waals surface area contributed by atoms with Gasteiger partial charge in [0.05, 0.1) is 5.69 Å². The number of nitrogens with one attached hydrogen (secondary N) is 1. The molecule has 158 valence electrons. The van der Waals surface area contributed by atoms with Gasteiger partial charge in [-0.1, -0.05) is 42.5 Å². The molecule has 1 N–H and O–H groups in total. The molecule has 0 aliphatic carbocycles. The molecule has 1 atom stereocenters. The van der Waals surface area contributed by atoms with E-state index >= 15 is 0 Å². The Morgan fingerprint density at radius 3 is 2.48 bits per heavy atom. The zero-order valence-corrected chi connectivity index (χ0v) is 17.3. The minimum Gasteiger partial charge on any atom is -0.357 e. The first kappa shape index (κ1) is 20.5. The lowest BCUT2D eigenvalue weighted by Crippen LogP contribution is -2.50. The zero-order valence-electron chi connectivity index (χ0n) is 17.3. The Morgan fingerprint density at radius 1 is 1.06 bits per heavy atom. The van der Waals surface area contributed by atoms with Crippen LogP contribution < -0.4 is 10.2 Å². The van der Waals surface area contributed by atoms with Gasteiger partial charge in [0.1, 0.15) is 18.4 Å². The third kappa shape index (κ3) is 3.63. The molecular formula is C24H22FN3O3. The third-order valence-corrected chi connectivity index (χ3v) is 5.65. The summed E-state index contributed by atoms with van der Waals surface area (Å²) < 4.78 is 14.3. The predicted molar refractivity (Wildman–Crippen MR) is 116 cm³/mol. The maximum Gasteiger partial charge on any atom is 0.259 e. The highest BCUT2D eigenvalue weighted by Crippen LogP contribution is 2.37. The van der Waals surface area contributed by atoms with Crippen LogP contribution in [-0.2, 0) is 16.1 Å². The number of benzene rings is 3. The molecule has 1 unspecified atom stereocenters. The number of halogens is 1. The second kappa shape index (κ2) is 8.18. The first-order valence-electron chi connectivity index (χ1n) is 10.0. The molecule has 0 fully saturated rings. The number of carbonyl (C=O) groups is 3. The van der Waals surface area contributed by atoms with Crippen LogP contribution in [0.25, 0.3) is 10.8 Å². The van der Waals surface area contributed by atoms with Gasteiger partial charge in [0.25, 0.3) is 5.91 Å². The highest BCUT2D eigenvalue weighted by atomic mass is 19.1. The van der Waals surface area contributed by atoms with Crippen molar-refractivity contribution in [2.75, 3.05) is 18.5 Å². The third-order valence-electron chi connectivity index (χ3n) is 5.65. The summed E-state index contributed by atoms with van der Waals surface area (Å²) in [7, 11) is 1.48. The fraction of sp³-hybridized carbons (Fsp3) is 0.208. The minimum absolute atomic E-state index is 0.0841. The number of likely N-dealkylation sites (N-methyl/N-ethyl adjacent to an activating group) is 1. The van der Waals surface area contributed by atoms with Gasteiger partial charge in [-0.25, -0.2) is 4.39 Å². The molecule has 0 aromatic heterocycles. The molecular weight excluding hydrogens is 397 g/mol. The van der Waals surface area contributed by atoms with Crippen molar-refractivity contribution in [3.8, 4) is 0 Å². The molecule has 0 saturated carbocycles. The summed E-state index contributed by atoms with van der Waals surface area (Å²) in [5.41, 5.74) is 1.50. The molecule has 3 amide bonds. The van der Waals surface area contributed by atoms with Crippen LogP contribution >= 0.6 is 0 Å². The molecule has 0 radical (unpaired) electrons. The van der Waals surface area contributed by atoms with Crippen LogP contribution in [0.3, 0.4) is 0 Å². The summed E-state index contributed by atoms with van der Waals surface area (Å²) >= 11 is 0. The van der Waals surface area contributed by atoms with Crippen molar-refractivity contribution < 1.29 is 18.8 Å². The maximum atomic E-state index is 14.3. The topological polar surface area (TPSA) is 69.7 Å². The fourth-order valence-electron chi connectivity index (χ4n) is 3.96. The van der Waals surface area contributed by atoms with Crippen molar-refractivity contribution in [1.29, 1.82) is 0 Å². The van der Waals surface area contributed by atoms with Gasteiger partial charge in [0.15, 0.2) is 0 Å². The molecule has 0 spiro atoms. The highest BCUT2D eigenvalue weighted by molar-refractivity contribution is 6.26. The Balaban J connectivity index is 1.65. The quantitative estimate of drug-likeness (QED) is 0.668. The van der Waals surface area contributed by atoms with Crippen LogP contribution in [0.15, 0.2) is 60.7 Å². The number of hydrogen-bond acceptors (Lipinski definition) is 3. The van der Waals surface area contributed by atoms with Crippen molar-refractivity contribution in [2.24, 2.45) is 0 Å². The number of hydrogen-bond donors (Lipinski definition) is 1. The van der Waals surface area contributed by atoms with E-state index in [1.165, 1.54) is 22.9 Å². The van der Waals surface area contributed by atoms with Crippen LogP contribution in [0.1, 0.15) is 22.8 Å². The number of amides is 3. The Morgan fingerprint density at radius 2 is 1.77 bits per heavy atom. The number of rotatable bonds is 6. The van der Waals surface area contributed by atoms with E-state index in [-0.39, 0.29) is 24.9 Å². The van der Waals surface area contributed by atoms with E-state index in [9.17, 15) is 18.8 Å². The average molecular weight is 419 g/mol. The molecule has 6 nitrogen and oxygen atoms in total. The Labute approximate surface area is 179 Å². The summed E-state index contributed by atoms with van der Waals surface area (Å²) in [5, 5.41) is 4.25. The van der Waals surface area contributed by atoms with Crippen LogP contribution in [0.2, 0.25) is 0 Å². The molecule has 1 aliphatic rings. The normalized spacial score (nSPS) is 13.4. The number of nitrogens with zero attached hydrogens (tertiary/aromatic N) is 2. The van der Waals surface area contributed by atoms with Crippen molar-refractivity contribution in [3.63, 3.8) is 0 Å². The van der Waals surface area contributed by atoms with Crippen LogP contribution in [-0.4, -0.2) is 42.3 Å². The summed E-state index contributed by atoms with van der Waals surface area (Å²) in [6, 6.07) is 16.3. The number of carbonyl (C=O) groups excluding carboxylic acids is 3.